The van der Waals surface area contributed by atoms with E-state index >= 15 is 0 Å². The van der Waals surface area contributed by atoms with Gasteiger partial charge in [-0.05, 0) is 36.8 Å². The molecule has 108 valence electrons. The van der Waals surface area contributed by atoms with E-state index in [1.807, 2.05) is 25.1 Å². The first-order valence-electron chi connectivity index (χ1n) is 6.56. The van der Waals surface area contributed by atoms with E-state index in [0.29, 0.717) is 11.4 Å². The monoisotopic (exact) mass is 346 g/mol. The molecule has 4 nitrogen and oxygen atoms in total. The highest BCUT2D eigenvalue weighted by Crippen LogP contribution is 2.13. The molecule has 0 spiro atoms. The van der Waals surface area contributed by atoms with Crippen molar-refractivity contribution in [3.8, 4) is 0 Å². The Morgan fingerprint density at radius 2 is 1.86 bits per heavy atom. The number of nitrogens with one attached hydrogen (secondary N) is 1. The molecular weight excluding hydrogens is 332 g/mol. The quantitative estimate of drug-likeness (QED) is 0.838. The number of aryl methyl sites for hydroxylation is 1. The average molecular weight is 347 g/mol. The van der Waals surface area contributed by atoms with Gasteiger partial charge < -0.3 is 5.32 Å². The third-order valence-electron chi connectivity index (χ3n) is 2.93. The Labute approximate surface area is 131 Å². The van der Waals surface area contributed by atoms with Gasteiger partial charge in [0.05, 0.1) is 0 Å². The topological polar surface area (TPSA) is 59.1 Å². The van der Waals surface area contributed by atoms with Crippen LogP contribution in [0.15, 0.2) is 47.1 Å². The van der Waals surface area contributed by atoms with Crippen molar-refractivity contribution in [3.63, 3.8) is 0 Å². The minimum Gasteiger partial charge on any atom is -0.311 e. The van der Waals surface area contributed by atoms with Crippen LogP contribution in [0.2, 0.25) is 0 Å². The molecule has 0 radical (unpaired) electrons. The van der Waals surface area contributed by atoms with Crippen LogP contribution in [-0.2, 0) is 4.79 Å². The van der Waals surface area contributed by atoms with E-state index in [-0.39, 0.29) is 24.5 Å². The highest BCUT2D eigenvalue weighted by atomic mass is 79.9. The number of carbonyl (C=O) groups is 2. The fourth-order valence-corrected chi connectivity index (χ4v) is 2.08. The lowest BCUT2D eigenvalue weighted by Crippen LogP contribution is -2.14. The number of anilines is 1. The molecule has 0 saturated carbocycles. The molecule has 0 unspecified atom stereocenters. The van der Waals surface area contributed by atoms with Crippen molar-refractivity contribution >= 4 is 33.4 Å². The molecule has 0 aliphatic heterocycles. The van der Waals surface area contributed by atoms with Crippen LogP contribution in [0.1, 0.15) is 28.8 Å². The van der Waals surface area contributed by atoms with Gasteiger partial charge in [-0.3, -0.25) is 9.59 Å². The highest BCUT2D eigenvalue weighted by Gasteiger charge is 2.10. The number of ketones is 1. The Morgan fingerprint density at radius 1 is 1.14 bits per heavy atom. The van der Waals surface area contributed by atoms with Crippen LogP contribution in [0, 0.1) is 6.92 Å². The Kier molecular flexibility index (Phi) is 5.22. The maximum absolute atomic E-state index is 12.0. The summed E-state index contributed by atoms with van der Waals surface area (Å²) in [6, 6.07) is 10.7. The predicted molar refractivity (Wildman–Crippen MR) is 85.3 cm³/mol. The van der Waals surface area contributed by atoms with Gasteiger partial charge >= 0.3 is 0 Å². The molecule has 1 heterocycles. The van der Waals surface area contributed by atoms with Gasteiger partial charge in [-0.15, -0.1) is 0 Å². The third-order valence-corrected chi connectivity index (χ3v) is 3.46. The van der Waals surface area contributed by atoms with E-state index in [0.717, 1.165) is 10.0 Å². The maximum atomic E-state index is 12.0. The Hall–Kier alpha value is -2.01. The lowest BCUT2D eigenvalue weighted by atomic mass is 10.1. The molecule has 0 fully saturated rings. The van der Waals surface area contributed by atoms with E-state index in [2.05, 4.69) is 26.2 Å². The lowest BCUT2D eigenvalue weighted by Gasteiger charge is -2.05. The second-order valence-electron chi connectivity index (χ2n) is 4.70. The summed E-state index contributed by atoms with van der Waals surface area (Å²) in [5, 5.41) is 2.69. The molecule has 0 atom stereocenters. The van der Waals surface area contributed by atoms with Crippen LogP contribution in [0.5, 0.6) is 0 Å². The number of aromatic nitrogens is 1. The first-order chi connectivity index (χ1) is 10.0. The Balaban J connectivity index is 1.86. The van der Waals surface area contributed by atoms with E-state index < -0.39 is 0 Å². The molecular formula is C16H15BrN2O2. The van der Waals surface area contributed by atoms with Crippen molar-refractivity contribution in [1.29, 1.82) is 0 Å². The minimum absolute atomic E-state index is 0.0464. The molecule has 0 aliphatic carbocycles. The van der Waals surface area contributed by atoms with Gasteiger partial charge in [0.1, 0.15) is 5.82 Å². The zero-order valence-electron chi connectivity index (χ0n) is 11.6. The number of carbonyl (C=O) groups excluding carboxylic acids is 2. The van der Waals surface area contributed by atoms with Gasteiger partial charge in [-0.2, -0.15) is 0 Å². The lowest BCUT2D eigenvalue weighted by molar-refractivity contribution is -0.116. The van der Waals surface area contributed by atoms with Crippen LogP contribution in [0.4, 0.5) is 5.82 Å². The molecule has 1 amide bonds. The molecule has 21 heavy (non-hydrogen) atoms. The fourth-order valence-electron chi connectivity index (χ4n) is 1.82. The zero-order chi connectivity index (χ0) is 15.2. The maximum Gasteiger partial charge on any atom is 0.225 e. The van der Waals surface area contributed by atoms with Crippen molar-refractivity contribution in [3.05, 3.63) is 58.2 Å². The van der Waals surface area contributed by atoms with Gasteiger partial charge in [0, 0.05) is 29.1 Å². The Bertz CT molecular complexity index is 654. The predicted octanol–water partition coefficient (Wildman–Crippen LogP) is 3.75. The standard InChI is InChI=1S/C16H15BrN2O2/c1-11-8-9-18-15(10-11)19-16(21)7-6-14(20)12-2-4-13(17)5-3-12/h2-5,8-10H,6-7H2,1H3,(H,18,19,21). The minimum atomic E-state index is -0.210. The van der Waals surface area contributed by atoms with Gasteiger partial charge in [-0.25, -0.2) is 4.98 Å². The van der Waals surface area contributed by atoms with Crippen LogP contribution in [0.25, 0.3) is 0 Å². The summed E-state index contributed by atoms with van der Waals surface area (Å²) in [5.41, 5.74) is 1.63. The van der Waals surface area contributed by atoms with Gasteiger partial charge in [0.15, 0.2) is 5.78 Å². The number of rotatable bonds is 5. The molecule has 0 aliphatic rings. The van der Waals surface area contributed by atoms with Crippen LogP contribution < -0.4 is 5.32 Å². The molecule has 0 saturated heterocycles. The first-order valence-corrected chi connectivity index (χ1v) is 7.35. The normalized spacial score (nSPS) is 10.2. The smallest absolute Gasteiger partial charge is 0.225 e. The molecule has 1 aromatic heterocycles. The zero-order valence-corrected chi connectivity index (χ0v) is 13.2. The second kappa shape index (κ2) is 7.13. The van der Waals surface area contributed by atoms with Crippen LogP contribution >= 0.6 is 15.9 Å². The van der Waals surface area contributed by atoms with Crippen molar-refractivity contribution in [2.24, 2.45) is 0 Å². The van der Waals surface area contributed by atoms with Crippen LogP contribution in [-0.4, -0.2) is 16.7 Å². The van der Waals surface area contributed by atoms with E-state index in [4.69, 9.17) is 0 Å². The summed E-state index contributed by atoms with van der Waals surface area (Å²) in [4.78, 5) is 27.8. The van der Waals surface area contributed by atoms with Crippen molar-refractivity contribution in [2.75, 3.05) is 5.32 Å². The van der Waals surface area contributed by atoms with E-state index in [1.165, 1.54) is 0 Å². The third kappa shape index (κ3) is 4.79. The van der Waals surface area contributed by atoms with Crippen LogP contribution in [0.3, 0.4) is 0 Å². The summed E-state index contributed by atoms with van der Waals surface area (Å²) in [5.74, 6) is 0.254. The highest BCUT2D eigenvalue weighted by molar-refractivity contribution is 9.10. The van der Waals surface area contributed by atoms with Crippen molar-refractivity contribution in [1.82, 2.24) is 4.98 Å². The summed E-state index contributed by atoms with van der Waals surface area (Å²) in [6.07, 6.45) is 1.96. The summed E-state index contributed by atoms with van der Waals surface area (Å²) in [6.45, 7) is 1.92. The number of halogens is 1. The molecule has 1 N–H and O–H groups in total. The average Bonchev–Trinajstić information content (AvgIpc) is 2.45. The largest absolute Gasteiger partial charge is 0.311 e. The van der Waals surface area contributed by atoms with Gasteiger partial charge in [0.2, 0.25) is 5.91 Å². The van der Waals surface area contributed by atoms with Gasteiger partial charge in [0.25, 0.3) is 0 Å². The van der Waals surface area contributed by atoms with Crippen molar-refractivity contribution < 1.29 is 9.59 Å². The van der Waals surface area contributed by atoms with Crippen molar-refractivity contribution in [2.45, 2.75) is 19.8 Å². The number of nitrogens with zero attached hydrogens (tertiary/aromatic N) is 1. The second-order valence-corrected chi connectivity index (χ2v) is 5.61. The van der Waals surface area contributed by atoms with E-state index in [9.17, 15) is 9.59 Å². The molecule has 0 bridgehead atoms. The molecule has 2 rings (SSSR count). The van der Waals surface area contributed by atoms with E-state index in [1.54, 1.807) is 24.4 Å². The molecule has 1 aromatic carbocycles. The first kappa shape index (κ1) is 15.4. The summed E-state index contributed by atoms with van der Waals surface area (Å²) >= 11 is 3.32. The summed E-state index contributed by atoms with van der Waals surface area (Å²) in [7, 11) is 0. The number of benzene rings is 1. The number of pyridine rings is 1. The Morgan fingerprint density at radius 3 is 2.52 bits per heavy atom. The number of hydrogen-bond acceptors (Lipinski definition) is 3. The molecule has 5 heteroatoms. The fraction of sp³-hybridized carbons (Fsp3) is 0.188. The SMILES string of the molecule is Cc1ccnc(NC(=O)CCC(=O)c2ccc(Br)cc2)c1. The number of Topliss-reactive ketones (excluding diaryl/α,β-unsaturated/α-hetero) is 1. The van der Waals surface area contributed by atoms with Gasteiger partial charge in [-0.1, -0.05) is 28.1 Å². The number of amides is 1. The molecule has 2 aromatic rings. The summed E-state index contributed by atoms with van der Waals surface area (Å²) < 4.78 is 0.919. The number of hydrogen-bond donors (Lipinski definition) is 1.